The first-order valence-corrected chi connectivity index (χ1v) is 15.0. The normalized spacial score (nSPS) is 22.6. The molecule has 2 amide bonds. The number of carbonyl (C=O) groups is 2. The van der Waals surface area contributed by atoms with E-state index in [-0.39, 0.29) is 18.4 Å². The lowest BCUT2D eigenvalue weighted by Crippen LogP contribution is -2.49. The van der Waals surface area contributed by atoms with Crippen LogP contribution in [-0.4, -0.2) is 59.7 Å². The lowest BCUT2D eigenvalue weighted by molar-refractivity contribution is -0.123. The molecule has 9 heteroatoms. The molecular weight excluding hydrogens is 528 g/mol. The zero-order valence-electron chi connectivity index (χ0n) is 22.4. The van der Waals surface area contributed by atoms with Gasteiger partial charge in [0.1, 0.15) is 12.4 Å². The van der Waals surface area contributed by atoms with Gasteiger partial charge in [0, 0.05) is 47.9 Å². The van der Waals surface area contributed by atoms with Gasteiger partial charge in [-0.1, -0.05) is 17.7 Å². The largest absolute Gasteiger partial charge is 0.488 e. The molecule has 7 nitrogen and oxygen atoms in total. The highest BCUT2D eigenvalue weighted by Crippen LogP contribution is 2.43. The van der Waals surface area contributed by atoms with Crippen molar-refractivity contribution in [1.82, 2.24) is 15.2 Å². The number of amides is 2. The Morgan fingerprint density at radius 3 is 2.69 bits per heavy atom. The first kappa shape index (κ1) is 26.2. The summed E-state index contributed by atoms with van der Waals surface area (Å²) in [6.45, 7) is 7.66. The fourth-order valence-electron chi connectivity index (χ4n) is 5.99. The van der Waals surface area contributed by atoms with E-state index in [1.54, 1.807) is 16.2 Å². The van der Waals surface area contributed by atoms with Crippen LogP contribution in [0.5, 0.6) is 5.75 Å². The second-order valence-electron chi connectivity index (χ2n) is 11.0. The molecule has 0 spiro atoms. The van der Waals surface area contributed by atoms with Crippen molar-refractivity contribution in [3.05, 3.63) is 64.0 Å². The molecule has 2 bridgehead atoms. The van der Waals surface area contributed by atoms with Gasteiger partial charge in [0.2, 0.25) is 5.91 Å². The number of piperazine rings is 1. The Balaban J connectivity index is 1.16. The number of nitrogens with zero attached hydrogens (tertiary/aromatic N) is 3. The Kier molecular flexibility index (Phi) is 7.29. The van der Waals surface area contributed by atoms with Crippen molar-refractivity contribution in [2.75, 3.05) is 37.6 Å². The third-order valence-electron chi connectivity index (χ3n) is 8.26. The van der Waals surface area contributed by atoms with Gasteiger partial charge in [-0.25, -0.2) is 4.98 Å². The Bertz CT molecular complexity index is 1390. The van der Waals surface area contributed by atoms with Gasteiger partial charge in [-0.2, -0.15) is 12.6 Å². The minimum absolute atomic E-state index is 0.103. The number of anilines is 1. The average molecular weight is 563 g/mol. The maximum atomic E-state index is 12.9. The number of hydrogen-bond acceptors (Lipinski definition) is 7. The van der Waals surface area contributed by atoms with Crippen LogP contribution in [0.15, 0.2) is 41.8 Å². The minimum atomic E-state index is -0.119. The van der Waals surface area contributed by atoms with Gasteiger partial charge in [-0.15, -0.1) is 11.3 Å². The van der Waals surface area contributed by atoms with Crippen LogP contribution in [0.3, 0.4) is 0 Å². The first-order chi connectivity index (χ1) is 18.9. The van der Waals surface area contributed by atoms with Gasteiger partial charge in [-0.3, -0.25) is 9.59 Å². The molecular formula is C30H34N4O3S2. The fourth-order valence-corrected chi connectivity index (χ4v) is 7.33. The highest BCUT2D eigenvalue weighted by molar-refractivity contribution is 7.81. The first-order valence-electron chi connectivity index (χ1n) is 13.6. The maximum absolute atomic E-state index is 12.9. The van der Waals surface area contributed by atoms with Gasteiger partial charge >= 0.3 is 0 Å². The molecule has 3 heterocycles. The molecule has 3 aliphatic rings. The number of aromatic nitrogens is 1. The molecule has 2 atom stereocenters. The van der Waals surface area contributed by atoms with Gasteiger partial charge in [-0.05, 0) is 73.9 Å². The quantitative estimate of drug-likeness (QED) is 0.425. The summed E-state index contributed by atoms with van der Waals surface area (Å²) in [5.41, 5.74) is 5.68. The number of piperidine rings is 1. The van der Waals surface area contributed by atoms with E-state index in [1.165, 1.54) is 12.8 Å². The molecule has 2 aliphatic heterocycles. The molecule has 3 aromatic rings. The maximum Gasteiger partial charge on any atom is 0.254 e. The lowest BCUT2D eigenvalue weighted by Gasteiger charge is -2.35. The summed E-state index contributed by atoms with van der Waals surface area (Å²) in [5.74, 6) is 1.87. The number of carbonyl (C=O) groups excluding carboxylic acids is 2. The van der Waals surface area contributed by atoms with Crippen LogP contribution in [0.25, 0.3) is 11.3 Å². The van der Waals surface area contributed by atoms with E-state index in [1.807, 2.05) is 31.2 Å². The van der Waals surface area contributed by atoms with Crippen LogP contribution in [0.1, 0.15) is 39.9 Å². The summed E-state index contributed by atoms with van der Waals surface area (Å²) in [4.78, 5) is 33.7. The minimum Gasteiger partial charge on any atom is -0.488 e. The predicted molar refractivity (Wildman–Crippen MR) is 158 cm³/mol. The molecule has 39 heavy (non-hydrogen) atoms. The van der Waals surface area contributed by atoms with E-state index in [0.717, 1.165) is 51.9 Å². The smallest absolute Gasteiger partial charge is 0.254 e. The van der Waals surface area contributed by atoms with Crippen LogP contribution in [0, 0.1) is 25.7 Å². The van der Waals surface area contributed by atoms with E-state index in [9.17, 15) is 9.59 Å². The SMILES string of the molecule is Cc1ccc(OCc2ccc(C(=O)N3CCNC(=O)C3)cc2C)c(-c2csc(N3CC4CCC(C3)C4S)n2)c1. The Morgan fingerprint density at radius 2 is 1.95 bits per heavy atom. The molecule has 2 unspecified atom stereocenters. The predicted octanol–water partition coefficient (Wildman–Crippen LogP) is 4.72. The van der Waals surface area contributed by atoms with Crippen molar-refractivity contribution in [2.45, 2.75) is 38.5 Å². The van der Waals surface area contributed by atoms with Crippen molar-refractivity contribution in [3.8, 4) is 17.0 Å². The zero-order chi connectivity index (χ0) is 27.1. The topological polar surface area (TPSA) is 74.8 Å². The molecule has 6 rings (SSSR count). The molecule has 0 radical (unpaired) electrons. The van der Waals surface area contributed by atoms with Gasteiger partial charge in [0.25, 0.3) is 5.91 Å². The monoisotopic (exact) mass is 562 g/mol. The molecule has 2 saturated heterocycles. The Morgan fingerprint density at radius 1 is 1.15 bits per heavy atom. The highest BCUT2D eigenvalue weighted by atomic mass is 32.1. The van der Waals surface area contributed by atoms with Crippen molar-refractivity contribution in [3.63, 3.8) is 0 Å². The molecule has 3 fully saturated rings. The Labute approximate surface area is 239 Å². The number of thiol groups is 1. The summed E-state index contributed by atoms with van der Waals surface area (Å²) in [7, 11) is 0. The van der Waals surface area contributed by atoms with E-state index in [0.29, 0.717) is 42.3 Å². The van der Waals surface area contributed by atoms with Gasteiger partial charge in [0.05, 0.1) is 12.2 Å². The standard InChI is InChI=1S/C30H34N4O3S2/c1-18-3-8-26(24(11-18)25-17-39-30(32-25)34-13-21-5-6-22(14-34)28(21)38)37-16-23-7-4-20(12-19(23)2)29(36)33-10-9-31-27(35)15-33/h3-4,7-8,11-12,17,21-22,28,38H,5-6,9-10,13-16H2,1-2H3,(H,31,35). The van der Waals surface area contributed by atoms with Crippen molar-refractivity contribution in [2.24, 2.45) is 11.8 Å². The number of hydrogen-bond donors (Lipinski definition) is 2. The van der Waals surface area contributed by atoms with Gasteiger partial charge in [0.15, 0.2) is 5.13 Å². The Hall–Kier alpha value is -3.04. The number of thiazole rings is 1. The third-order valence-corrected chi connectivity index (χ3v) is 10.0. The van der Waals surface area contributed by atoms with Crippen LogP contribution >= 0.6 is 24.0 Å². The van der Waals surface area contributed by atoms with E-state index >= 15 is 0 Å². The third kappa shape index (κ3) is 5.39. The molecule has 1 aromatic heterocycles. The van der Waals surface area contributed by atoms with Crippen molar-refractivity contribution < 1.29 is 14.3 Å². The summed E-state index contributed by atoms with van der Waals surface area (Å²) in [6.07, 6.45) is 2.54. The van der Waals surface area contributed by atoms with E-state index in [2.05, 4.69) is 34.7 Å². The van der Waals surface area contributed by atoms with Crippen molar-refractivity contribution >= 4 is 40.9 Å². The van der Waals surface area contributed by atoms with Crippen molar-refractivity contribution in [1.29, 1.82) is 0 Å². The lowest BCUT2D eigenvalue weighted by atomic mass is 9.98. The second kappa shape index (κ2) is 10.8. The highest BCUT2D eigenvalue weighted by Gasteiger charge is 2.40. The number of fused-ring (bicyclic) bond motifs is 2. The van der Waals surface area contributed by atoms with Crippen LogP contribution in [-0.2, 0) is 11.4 Å². The van der Waals surface area contributed by atoms with Crippen LogP contribution < -0.4 is 15.0 Å². The molecule has 1 saturated carbocycles. The zero-order valence-corrected chi connectivity index (χ0v) is 24.1. The second-order valence-corrected chi connectivity index (χ2v) is 12.4. The molecule has 1 N–H and O–H groups in total. The number of ether oxygens (including phenoxy) is 1. The number of benzene rings is 2. The van der Waals surface area contributed by atoms with E-state index in [4.69, 9.17) is 22.3 Å². The molecule has 204 valence electrons. The van der Waals surface area contributed by atoms with Crippen LogP contribution in [0.2, 0.25) is 0 Å². The average Bonchev–Trinajstić information content (AvgIpc) is 3.48. The van der Waals surface area contributed by atoms with E-state index < -0.39 is 0 Å². The summed E-state index contributed by atoms with van der Waals surface area (Å²) in [6, 6.07) is 11.9. The molecule has 1 aliphatic carbocycles. The summed E-state index contributed by atoms with van der Waals surface area (Å²) >= 11 is 6.57. The summed E-state index contributed by atoms with van der Waals surface area (Å²) < 4.78 is 6.35. The van der Waals surface area contributed by atoms with Gasteiger partial charge < -0.3 is 19.9 Å². The fraction of sp³-hybridized carbons (Fsp3) is 0.433. The summed E-state index contributed by atoms with van der Waals surface area (Å²) in [5, 5.41) is 6.50. The number of aryl methyl sites for hydroxylation is 2. The number of nitrogens with one attached hydrogen (secondary N) is 1. The molecule has 2 aromatic carbocycles. The van der Waals surface area contributed by atoms with Crippen LogP contribution in [0.4, 0.5) is 5.13 Å². The number of rotatable bonds is 6.